The Labute approximate surface area is 280 Å². The smallest absolute Gasteiger partial charge is 0.102 e. The molecular weight excluding hydrogens is 817 g/mol. The Morgan fingerprint density at radius 3 is 0.545 bits per heavy atom. The van der Waals surface area contributed by atoms with Crippen molar-refractivity contribution < 1.29 is 13.7 Å². The molecule has 0 aliphatic carbocycles. The summed E-state index contributed by atoms with van der Waals surface area (Å²) >= 11 is -2.05. The molecule has 0 fully saturated rings. The fourth-order valence-electron chi connectivity index (χ4n) is 4.63. The summed E-state index contributed by atoms with van der Waals surface area (Å²) in [5, 5.41) is 8.61. The van der Waals surface area contributed by atoms with Gasteiger partial charge in [0, 0.05) is 0 Å². The van der Waals surface area contributed by atoms with Gasteiger partial charge < -0.3 is 10.5 Å². The van der Waals surface area contributed by atoms with Crippen LogP contribution in [-0.2, 0) is 13.7 Å². The number of nitroso groups, excluding NO2 is 1. The summed E-state index contributed by atoms with van der Waals surface area (Å²) in [5.74, 6) is 0. The van der Waals surface area contributed by atoms with Gasteiger partial charge in [-0.05, 0) is 72.8 Å². The van der Waals surface area contributed by atoms with Gasteiger partial charge in [0.15, 0.2) is 0 Å². The minimum absolute atomic E-state index is 0.877. The number of halogens is 3. The molecule has 0 atom stereocenters. The fourth-order valence-corrected chi connectivity index (χ4v) is 9.78. The van der Waals surface area contributed by atoms with Crippen LogP contribution in [0.2, 0.25) is 0 Å². The third kappa shape index (κ3) is 12.0. The first-order valence-corrected chi connectivity index (χ1v) is 26.7. The van der Waals surface area contributed by atoms with Crippen LogP contribution < -0.4 is 31.8 Å². The van der Waals surface area contributed by atoms with Crippen LogP contribution in [0.1, 0.15) is 0 Å². The monoisotopic (exact) mass is 848 g/mol. The minimum atomic E-state index is -2.05. The van der Waals surface area contributed by atoms with Crippen LogP contribution in [0.25, 0.3) is 5.59 Å². The standard InChI is InChI=1S/2C18H15P.3ClH.NO.Re/c2*1-4-10-16(11-5-1)19(17-12-6-2-7-13-17)18-14-8-3-9-15-18;;;;1-2;/h2*1-15H;3*1H;;/q;;;;;-1;+3/p-1. The second kappa shape index (κ2) is 21.1. The van der Waals surface area contributed by atoms with Crippen molar-refractivity contribution in [3.63, 3.8) is 0 Å². The Hall–Kier alpha value is -2.69. The molecule has 6 aromatic rings. The predicted molar refractivity (Wildman–Crippen MR) is 197 cm³/mol. The molecule has 0 aliphatic rings. The summed E-state index contributed by atoms with van der Waals surface area (Å²) in [6, 6.07) is 65.0. The van der Waals surface area contributed by atoms with Gasteiger partial charge in [-0.15, -0.1) is 0 Å². The van der Waals surface area contributed by atoms with Crippen LogP contribution in [0.5, 0.6) is 0 Å². The summed E-state index contributed by atoms with van der Waals surface area (Å²) in [4.78, 5) is 7.25. The van der Waals surface area contributed by atoms with Crippen molar-refractivity contribution in [2.24, 2.45) is 0 Å². The van der Waals surface area contributed by atoms with E-state index in [1.807, 2.05) is 0 Å². The molecule has 0 aromatic heterocycles. The molecule has 0 spiro atoms. The molecule has 44 heavy (non-hydrogen) atoms. The zero-order valence-corrected chi connectivity index (χ0v) is 30.7. The molecule has 0 heterocycles. The molecule has 8 heteroatoms. The van der Waals surface area contributed by atoms with Gasteiger partial charge in [-0.3, -0.25) is 0 Å². The van der Waals surface area contributed by atoms with Crippen LogP contribution in [0.15, 0.2) is 182 Å². The Morgan fingerprint density at radius 1 is 0.318 bits per heavy atom. The van der Waals surface area contributed by atoms with Gasteiger partial charge in [-0.1, -0.05) is 109 Å². The number of rotatable bonds is 6. The second-order valence-corrected chi connectivity index (χ2v) is 25.8. The van der Waals surface area contributed by atoms with Crippen molar-refractivity contribution in [1.82, 2.24) is 0 Å². The number of benzene rings is 6. The van der Waals surface area contributed by atoms with E-state index >= 15 is 0 Å². The van der Waals surface area contributed by atoms with Crippen LogP contribution in [-0.4, -0.2) is 0 Å². The molecule has 6 rings (SSSR count). The van der Waals surface area contributed by atoms with Crippen LogP contribution >= 0.6 is 44.4 Å². The van der Waals surface area contributed by atoms with E-state index in [0.29, 0.717) is 0 Å². The van der Waals surface area contributed by atoms with E-state index in [0.717, 1.165) is 0 Å². The number of hydrogen-bond donors (Lipinski definition) is 0. The summed E-state index contributed by atoms with van der Waals surface area (Å²) in [5.41, 5.74) is 5.75. The Bertz CT molecular complexity index is 1260. The summed E-state index contributed by atoms with van der Waals surface area (Å²) in [6.45, 7) is 0. The van der Waals surface area contributed by atoms with E-state index in [4.69, 9.17) is 39.1 Å². The molecule has 6 aromatic carbocycles. The molecule has 224 valence electrons. The van der Waals surface area contributed by atoms with Crippen molar-refractivity contribution >= 4 is 76.3 Å². The molecular formula is C36H32Cl3NOP2Re+. The Balaban J connectivity index is 0.000000205. The molecule has 0 saturated carbocycles. The largest absolute Gasteiger partial charge is 0.577 e. The SMILES string of the molecule is [Cl][Re]([Cl])[Cl].[N-]=O.c1ccc([PH+](c2ccccc2)c2ccccc2)cc1.c1ccc([PH+](c2ccccc2)c2ccccc2)cc1. The zero-order chi connectivity index (χ0) is 31.4. The fraction of sp³-hybridized carbons (Fsp3) is 0. The molecule has 0 bridgehead atoms. The van der Waals surface area contributed by atoms with Crippen molar-refractivity contribution in [2.45, 2.75) is 0 Å². The van der Waals surface area contributed by atoms with Gasteiger partial charge in [0.05, 0.1) is 15.8 Å². The number of nitrogens with zero attached hydrogens (tertiary/aromatic N) is 1. The first kappa shape index (κ1) is 35.8. The minimum Gasteiger partial charge on any atom is -0.577 e. The average Bonchev–Trinajstić information content (AvgIpc) is 3.09. The first-order valence-electron chi connectivity index (χ1n) is 13.6. The van der Waals surface area contributed by atoms with Gasteiger partial charge in [-0.25, -0.2) is 0 Å². The molecule has 0 amide bonds. The van der Waals surface area contributed by atoms with Gasteiger partial charge in [0.25, 0.3) is 0 Å². The quantitative estimate of drug-likeness (QED) is 0.155. The Kier molecular flexibility index (Phi) is 17.2. The van der Waals surface area contributed by atoms with E-state index in [1.165, 1.54) is 31.8 Å². The molecule has 2 nitrogen and oxygen atoms in total. The second-order valence-electron chi connectivity index (χ2n) is 9.11. The topological polar surface area (TPSA) is 39.4 Å². The summed E-state index contributed by atoms with van der Waals surface area (Å²) in [6.07, 6.45) is 0. The maximum absolute atomic E-state index is 7.25. The summed E-state index contributed by atoms with van der Waals surface area (Å²) < 4.78 is 0. The third-order valence-electron chi connectivity index (χ3n) is 6.37. The van der Waals surface area contributed by atoms with E-state index in [9.17, 15) is 0 Å². The third-order valence-corrected chi connectivity index (χ3v) is 11.8. The maximum atomic E-state index is 7.25. The zero-order valence-electron chi connectivity index (χ0n) is 23.7. The predicted octanol–water partition coefficient (Wildman–Crippen LogP) is 8.74. The maximum Gasteiger partial charge on any atom is 0.102 e. The van der Waals surface area contributed by atoms with Crippen molar-refractivity contribution in [3.05, 3.63) is 192 Å². The molecule has 0 saturated heterocycles. The van der Waals surface area contributed by atoms with Crippen molar-refractivity contribution in [2.75, 3.05) is 0 Å². The van der Waals surface area contributed by atoms with Crippen LogP contribution in [0.3, 0.4) is 0 Å². The average molecular weight is 849 g/mol. The van der Waals surface area contributed by atoms with E-state index in [1.54, 1.807) is 0 Å². The molecule has 0 radical (unpaired) electrons. The Morgan fingerprint density at radius 2 is 0.432 bits per heavy atom. The van der Waals surface area contributed by atoms with E-state index < -0.39 is 29.5 Å². The number of hydrogen-bond acceptors (Lipinski definition) is 1. The van der Waals surface area contributed by atoms with Crippen molar-refractivity contribution in [1.29, 1.82) is 0 Å². The molecule has 0 aliphatic heterocycles. The van der Waals surface area contributed by atoms with Gasteiger partial charge in [0.2, 0.25) is 0 Å². The van der Waals surface area contributed by atoms with Gasteiger partial charge in [0.1, 0.15) is 31.8 Å². The van der Waals surface area contributed by atoms with Gasteiger partial charge in [-0.2, -0.15) is 0 Å². The van der Waals surface area contributed by atoms with E-state index in [2.05, 4.69) is 182 Å². The van der Waals surface area contributed by atoms with E-state index in [-0.39, 0.29) is 0 Å². The normalized spacial score (nSPS) is 10.2. The van der Waals surface area contributed by atoms with Crippen LogP contribution in [0, 0.1) is 4.91 Å². The van der Waals surface area contributed by atoms with Gasteiger partial charge >= 0.3 is 42.3 Å². The van der Waals surface area contributed by atoms with Crippen molar-refractivity contribution in [3.8, 4) is 0 Å². The van der Waals surface area contributed by atoms with Crippen LogP contribution in [0.4, 0.5) is 0 Å². The molecule has 0 N–H and O–H groups in total. The first-order chi connectivity index (χ1) is 21.6. The molecule has 0 unspecified atom stereocenters. The summed E-state index contributed by atoms with van der Waals surface area (Å²) in [7, 11) is 13.2.